The molecule has 4 nitrogen and oxygen atoms in total. The molecule has 0 aliphatic heterocycles. The van der Waals surface area contributed by atoms with E-state index in [2.05, 4.69) is 10.3 Å². The number of fused-ring (bicyclic) bond motifs is 1. The first-order valence-corrected chi connectivity index (χ1v) is 7.29. The summed E-state index contributed by atoms with van der Waals surface area (Å²) in [5, 5.41) is 3.32. The van der Waals surface area contributed by atoms with Crippen LogP contribution in [-0.2, 0) is 12.8 Å². The van der Waals surface area contributed by atoms with E-state index in [4.69, 9.17) is 17.3 Å². The summed E-state index contributed by atoms with van der Waals surface area (Å²) in [4.78, 5) is 16.1. The number of aryl methyl sites for hydroxylation is 1. The van der Waals surface area contributed by atoms with Crippen LogP contribution >= 0.6 is 11.6 Å². The molecule has 1 atom stereocenters. The lowest BCUT2D eigenvalue weighted by atomic mass is 9.88. The zero-order valence-corrected chi connectivity index (χ0v) is 12.2. The Kier molecular flexibility index (Phi) is 3.90. The summed E-state index contributed by atoms with van der Waals surface area (Å²) in [6.45, 7) is 0. The van der Waals surface area contributed by atoms with Crippen LogP contribution in [0.2, 0.25) is 5.02 Å². The van der Waals surface area contributed by atoms with Crippen molar-refractivity contribution in [1.29, 1.82) is 0 Å². The van der Waals surface area contributed by atoms with Gasteiger partial charge in [0, 0.05) is 24.1 Å². The Balaban J connectivity index is 1.78. The van der Waals surface area contributed by atoms with Gasteiger partial charge in [-0.25, -0.2) is 0 Å². The molecule has 5 heteroatoms. The molecule has 1 heterocycles. The number of nitrogens with one attached hydrogen (secondary N) is 1. The van der Waals surface area contributed by atoms with Gasteiger partial charge in [0.25, 0.3) is 5.91 Å². The third kappa shape index (κ3) is 3.23. The van der Waals surface area contributed by atoms with Crippen molar-refractivity contribution in [3.8, 4) is 0 Å². The van der Waals surface area contributed by atoms with Gasteiger partial charge in [-0.3, -0.25) is 9.78 Å². The number of nitrogens with two attached hydrogens (primary N) is 1. The molecule has 0 saturated heterocycles. The normalized spacial score (nSPS) is 17.1. The number of rotatable bonds is 2. The van der Waals surface area contributed by atoms with Gasteiger partial charge in [-0.1, -0.05) is 17.7 Å². The molecule has 1 aliphatic carbocycles. The Morgan fingerprint density at radius 1 is 1.29 bits per heavy atom. The molecule has 21 heavy (non-hydrogen) atoms. The van der Waals surface area contributed by atoms with E-state index >= 15 is 0 Å². The SMILES string of the molecule is N[C@H]1CCc2cc(NC(=O)c3cncc(Cl)c3)ccc2C1. The molecule has 1 aromatic heterocycles. The average Bonchev–Trinajstić information content (AvgIpc) is 2.47. The first-order chi connectivity index (χ1) is 10.1. The first-order valence-electron chi connectivity index (χ1n) is 6.91. The van der Waals surface area contributed by atoms with Crippen LogP contribution in [0.25, 0.3) is 0 Å². The third-order valence-corrected chi connectivity index (χ3v) is 3.90. The summed E-state index contributed by atoms with van der Waals surface area (Å²) in [6.07, 6.45) is 5.85. The first kappa shape index (κ1) is 14.0. The van der Waals surface area contributed by atoms with Crippen LogP contribution in [0.3, 0.4) is 0 Å². The number of carbonyl (C=O) groups excluding carboxylic acids is 1. The van der Waals surface area contributed by atoms with E-state index in [9.17, 15) is 4.79 Å². The molecule has 3 N–H and O–H groups in total. The number of anilines is 1. The number of benzene rings is 1. The number of hydrogen-bond donors (Lipinski definition) is 2. The topological polar surface area (TPSA) is 68.0 Å². The standard InChI is InChI=1S/C16H16ClN3O/c17-13-5-12(8-19-9-13)16(21)20-15-4-2-10-6-14(18)3-1-11(10)7-15/h2,4-5,7-9,14H,1,3,6,18H2,(H,20,21)/t14-/m0/s1. The van der Waals surface area contributed by atoms with Gasteiger partial charge in [0.2, 0.25) is 0 Å². The molecular weight excluding hydrogens is 286 g/mol. The quantitative estimate of drug-likeness (QED) is 0.896. The smallest absolute Gasteiger partial charge is 0.257 e. The molecule has 1 aromatic carbocycles. The predicted octanol–water partition coefficient (Wildman–Crippen LogP) is 2.80. The molecule has 0 saturated carbocycles. The number of pyridine rings is 1. The van der Waals surface area contributed by atoms with Gasteiger partial charge in [0.05, 0.1) is 10.6 Å². The lowest BCUT2D eigenvalue weighted by molar-refractivity contribution is 0.102. The fourth-order valence-corrected chi connectivity index (χ4v) is 2.77. The number of hydrogen-bond acceptors (Lipinski definition) is 3. The van der Waals surface area contributed by atoms with Crippen molar-refractivity contribution in [2.24, 2.45) is 5.73 Å². The maximum Gasteiger partial charge on any atom is 0.257 e. The van der Waals surface area contributed by atoms with Gasteiger partial charge in [-0.2, -0.15) is 0 Å². The van der Waals surface area contributed by atoms with Gasteiger partial charge in [0.15, 0.2) is 0 Å². The zero-order valence-electron chi connectivity index (χ0n) is 11.5. The summed E-state index contributed by atoms with van der Waals surface area (Å²) < 4.78 is 0. The van der Waals surface area contributed by atoms with Crippen molar-refractivity contribution in [1.82, 2.24) is 4.98 Å². The molecule has 3 rings (SSSR count). The van der Waals surface area contributed by atoms with Gasteiger partial charge in [-0.15, -0.1) is 0 Å². The third-order valence-electron chi connectivity index (χ3n) is 3.70. The zero-order chi connectivity index (χ0) is 14.8. The highest BCUT2D eigenvalue weighted by atomic mass is 35.5. The lowest BCUT2D eigenvalue weighted by Gasteiger charge is -2.22. The van der Waals surface area contributed by atoms with Crippen LogP contribution in [-0.4, -0.2) is 16.9 Å². The van der Waals surface area contributed by atoms with Crippen molar-refractivity contribution in [2.45, 2.75) is 25.3 Å². The van der Waals surface area contributed by atoms with E-state index in [1.165, 1.54) is 23.5 Å². The molecule has 0 radical (unpaired) electrons. The number of aromatic nitrogens is 1. The Hall–Kier alpha value is -1.91. The van der Waals surface area contributed by atoms with Crippen LogP contribution in [0.5, 0.6) is 0 Å². The second-order valence-electron chi connectivity index (χ2n) is 5.33. The van der Waals surface area contributed by atoms with Crippen LogP contribution in [0, 0.1) is 0 Å². The van der Waals surface area contributed by atoms with E-state index in [-0.39, 0.29) is 11.9 Å². The van der Waals surface area contributed by atoms with Crippen LogP contribution < -0.4 is 11.1 Å². The molecule has 0 unspecified atom stereocenters. The Bertz CT molecular complexity index is 687. The summed E-state index contributed by atoms with van der Waals surface area (Å²) in [6, 6.07) is 7.82. The number of amides is 1. The van der Waals surface area contributed by atoms with Gasteiger partial charge in [-0.05, 0) is 48.6 Å². The van der Waals surface area contributed by atoms with Crippen molar-refractivity contribution in [3.05, 3.63) is 58.4 Å². The van der Waals surface area contributed by atoms with E-state index < -0.39 is 0 Å². The largest absolute Gasteiger partial charge is 0.327 e. The lowest BCUT2D eigenvalue weighted by Crippen LogP contribution is -2.27. The summed E-state index contributed by atoms with van der Waals surface area (Å²) in [5.74, 6) is -0.211. The van der Waals surface area contributed by atoms with E-state index in [1.54, 1.807) is 6.07 Å². The highest BCUT2D eigenvalue weighted by molar-refractivity contribution is 6.30. The second-order valence-corrected chi connectivity index (χ2v) is 5.77. The van der Waals surface area contributed by atoms with Gasteiger partial charge >= 0.3 is 0 Å². The molecule has 2 aromatic rings. The minimum atomic E-state index is -0.211. The van der Waals surface area contributed by atoms with Crippen LogP contribution in [0.4, 0.5) is 5.69 Å². The monoisotopic (exact) mass is 301 g/mol. The Morgan fingerprint density at radius 2 is 2.14 bits per heavy atom. The molecule has 1 amide bonds. The highest BCUT2D eigenvalue weighted by Gasteiger charge is 2.16. The maximum absolute atomic E-state index is 12.2. The Labute approximate surface area is 128 Å². The van der Waals surface area contributed by atoms with E-state index in [1.807, 2.05) is 18.2 Å². The minimum absolute atomic E-state index is 0.211. The number of carbonyl (C=O) groups is 1. The van der Waals surface area contributed by atoms with E-state index in [0.717, 1.165) is 24.9 Å². The molecule has 0 spiro atoms. The Morgan fingerprint density at radius 3 is 2.95 bits per heavy atom. The second kappa shape index (κ2) is 5.84. The predicted molar refractivity (Wildman–Crippen MR) is 83.6 cm³/mol. The van der Waals surface area contributed by atoms with Gasteiger partial charge in [0.1, 0.15) is 0 Å². The number of halogens is 1. The fourth-order valence-electron chi connectivity index (χ4n) is 2.60. The summed E-state index contributed by atoms with van der Waals surface area (Å²) >= 11 is 5.85. The fraction of sp³-hybridized carbons (Fsp3) is 0.250. The number of nitrogens with zero attached hydrogens (tertiary/aromatic N) is 1. The molecule has 0 fully saturated rings. The molecule has 108 valence electrons. The van der Waals surface area contributed by atoms with Crippen molar-refractivity contribution < 1.29 is 4.79 Å². The molecule has 1 aliphatic rings. The van der Waals surface area contributed by atoms with Gasteiger partial charge < -0.3 is 11.1 Å². The van der Waals surface area contributed by atoms with Crippen molar-refractivity contribution >= 4 is 23.2 Å². The van der Waals surface area contributed by atoms with Crippen molar-refractivity contribution in [2.75, 3.05) is 5.32 Å². The highest BCUT2D eigenvalue weighted by Crippen LogP contribution is 2.24. The molecular formula is C16H16ClN3O. The van der Waals surface area contributed by atoms with E-state index in [0.29, 0.717) is 10.6 Å². The van der Waals surface area contributed by atoms with Crippen LogP contribution in [0.15, 0.2) is 36.7 Å². The molecule has 0 bridgehead atoms. The average molecular weight is 302 g/mol. The van der Waals surface area contributed by atoms with Crippen LogP contribution in [0.1, 0.15) is 27.9 Å². The summed E-state index contributed by atoms with van der Waals surface area (Å²) in [7, 11) is 0. The van der Waals surface area contributed by atoms with Crippen molar-refractivity contribution in [3.63, 3.8) is 0 Å². The minimum Gasteiger partial charge on any atom is -0.327 e. The maximum atomic E-state index is 12.2. The summed E-state index contributed by atoms with van der Waals surface area (Å²) in [5.41, 5.74) is 9.74.